The Kier molecular flexibility index (Phi) is 4.39. The van der Waals surface area contributed by atoms with Gasteiger partial charge >= 0.3 is 0 Å². The van der Waals surface area contributed by atoms with Gasteiger partial charge in [-0.25, -0.2) is 0 Å². The molecule has 0 atom stereocenters. The van der Waals surface area contributed by atoms with Gasteiger partial charge in [-0.05, 0) is 19.4 Å². The third-order valence-electron chi connectivity index (χ3n) is 3.25. The van der Waals surface area contributed by atoms with Gasteiger partial charge in [-0.15, -0.1) is 0 Å². The molecule has 0 aromatic carbocycles. The molecular formula is C11H22N2O. The van der Waals surface area contributed by atoms with Crippen LogP contribution in [0.25, 0.3) is 0 Å². The summed E-state index contributed by atoms with van der Waals surface area (Å²) in [7, 11) is 1.94. The molecule has 3 heteroatoms. The Labute approximate surface area is 87.1 Å². The van der Waals surface area contributed by atoms with Crippen molar-refractivity contribution in [3.8, 4) is 0 Å². The monoisotopic (exact) mass is 198 g/mol. The fraction of sp³-hybridized carbons (Fsp3) is 0.909. The molecule has 0 aliphatic carbocycles. The molecule has 1 fully saturated rings. The minimum atomic E-state index is 0.278. The number of likely N-dealkylation sites (tertiary alicyclic amines) is 1. The predicted molar refractivity (Wildman–Crippen MR) is 58.2 cm³/mol. The van der Waals surface area contributed by atoms with Crippen LogP contribution in [0.3, 0.4) is 0 Å². The quantitative estimate of drug-likeness (QED) is 0.683. The summed E-state index contributed by atoms with van der Waals surface area (Å²) in [5.74, 6) is 0.278. The fourth-order valence-electron chi connectivity index (χ4n) is 2.08. The summed E-state index contributed by atoms with van der Waals surface area (Å²) in [6.07, 6.45) is 2.90. The van der Waals surface area contributed by atoms with Gasteiger partial charge in [0.1, 0.15) is 0 Å². The first-order valence-electron chi connectivity index (χ1n) is 5.67. The van der Waals surface area contributed by atoms with E-state index in [0.717, 1.165) is 32.5 Å². The summed E-state index contributed by atoms with van der Waals surface area (Å²) in [5, 5.41) is 0. The molecule has 1 amide bonds. The molecule has 82 valence electrons. The number of rotatable bonds is 3. The minimum absolute atomic E-state index is 0.278. The number of amides is 1. The van der Waals surface area contributed by atoms with Crippen molar-refractivity contribution in [3.05, 3.63) is 0 Å². The van der Waals surface area contributed by atoms with E-state index in [4.69, 9.17) is 0 Å². The molecule has 0 unspecified atom stereocenters. The van der Waals surface area contributed by atoms with Crippen LogP contribution in [0.2, 0.25) is 0 Å². The number of piperidine rings is 1. The van der Waals surface area contributed by atoms with E-state index in [0.29, 0.717) is 12.5 Å². The van der Waals surface area contributed by atoms with E-state index in [1.165, 1.54) is 0 Å². The van der Waals surface area contributed by atoms with Crippen molar-refractivity contribution in [2.45, 2.75) is 39.2 Å². The fourth-order valence-corrected chi connectivity index (χ4v) is 2.08. The Morgan fingerprint density at radius 1 is 1.36 bits per heavy atom. The topological polar surface area (TPSA) is 23.6 Å². The average molecular weight is 198 g/mol. The third kappa shape index (κ3) is 2.71. The molecule has 14 heavy (non-hydrogen) atoms. The first-order chi connectivity index (χ1) is 6.69. The Balaban J connectivity index is 2.37. The van der Waals surface area contributed by atoms with E-state index < -0.39 is 0 Å². The Bertz CT molecular complexity index is 186. The maximum Gasteiger partial charge on any atom is 0.222 e. The number of hydrogen-bond acceptors (Lipinski definition) is 2. The van der Waals surface area contributed by atoms with Gasteiger partial charge in [-0.3, -0.25) is 4.79 Å². The summed E-state index contributed by atoms with van der Waals surface area (Å²) in [5.41, 5.74) is 0. The van der Waals surface area contributed by atoms with Crippen LogP contribution in [0.4, 0.5) is 0 Å². The van der Waals surface area contributed by atoms with Gasteiger partial charge in [-0.1, -0.05) is 13.8 Å². The Hall–Kier alpha value is -0.570. The lowest BCUT2D eigenvalue weighted by atomic mass is 10.0. The molecule has 0 spiro atoms. The lowest BCUT2D eigenvalue weighted by Gasteiger charge is -2.36. The van der Waals surface area contributed by atoms with Crippen LogP contribution in [0.1, 0.15) is 33.1 Å². The molecule has 1 heterocycles. The zero-order valence-electron chi connectivity index (χ0n) is 9.62. The van der Waals surface area contributed by atoms with Crippen LogP contribution in [0.5, 0.6) is 0 Å². The van der Waals surface area contributed by atoms with Crippen molar-refractivity contribution in [1.29, 1.82) is 0 Å². The highest BCUT2D eigenvalue weighted by Crippen LogP contribution is 2.15. The SMILES string of the molecule is CCC(=O)N(C)C1CCN(CC)CC1. The van der Waals surface area contributed by atoms with Gasteiger partial charge in [0.2, 0.25) is 5.91 Å². The molecular weight excluding hydrogens is 176 g/mol. The lowest BCUT2D eigenvalue weighted by Crippen LogP contribution is -2.45. The van der Waals surface area contributed by atoms with E-state index in [2.05, 4.69) is 11.8 Å². The number of carbonyl (C=O) groups excluding carboxylic acids is 1. The van der Waals surface area contributed by atoms with Gasteiger partial charge in [0.05, 0.1) is 0 Å². The molecule has 1 aliphatic heterocycles. The lowest BCUT2D eigenvalue weighted by molar-refractivity contribution is -0.132. The van der Waals surface area contributed by atoms with E-state index in [9.17, 15) is 4.79 Å². The van der Waals surface area contributed by atoms with Gasteiger partial charge in [0.25, 0.3) is 0 Å². The normalized spacial score (nSPS) is 19.6. The standard InChI is InChI=1S/C11H22N2O/c1-4-11(14)12(3)10-6-8-13(5-2)9-7-10/h10H,4-9H2,1-3H3. The smallest absolute Gasteiger partial charge is 0.222 e. The Morgan fingerprint density at radius 2 is 1.93 bits per heavy atom. The summed E-state index contributed by atoms with van der Waals surface area (Å²) in [4.78, 5) is 15.9. The minimum Gasteiger partial charge on any atom is -0.343 e. The molecule has 0 N–H and O–H groups in total. The van der Waals surface area contributed by atoms with E-state index in [1.54, 1.807) is 0 Å². The van der Waals surface area contributed by atoms with Gasteiger partial charge in [0, 0.05) is 32.6 Å². The molecule has 0 saturated carbocycles. The molecule has 1 rings (SSSR count). The molecule has 0 radical (unpaired) electrons. The molecule has 1 saturated heterocycles. The van der Waals surface area contributed by atoms with Crippen molar-refractivity contribution >= 4 is 5.91 Å². The van der Waals surface area contributed by atoms with E-state index in [-0.39, 0.29) is 5.91 Å². The van der Waals surface area contributed by atoms with E-state index >= 15 is 0 Å². The second-order valence-electron chi connectivity index (χ2n) is 4.02. The zero-order chi connectivity index (χ0) is 10.6. The molecule has 3 nitrogen and oxygen atoms in total. The van der Waals surface area contributed by atoms with Crippen molar-refractivity contribution in [2.75, 3.05) is 26.7 Å². The third-order valence-corrected chi connectivity index (χ3v) is 3.25. The highest BCUT2D eigenvalue weighted by atomic mass is 16.2. The average Bonchev–Trinajstić information content (AvgIpc) is 2.27. The maximum atomic E-state index is 11.5. The second-order valence-corrected chi connectivity index (χ2v) is 4.02. The van der Waals surface area contributed by atoms with Crippen molar-refractivity contribution in [1.82, 2.24) is 9.80 Å². The highest BCUT2D eigenvalue weighted by molar-refractivity contribution is 5.75. The second kappa shape index (κ2) is 5.35. The highest BCUT2D eigenvalue weighted by Gasteiger charge is 2.23. The number of hydrogen-bond donors (Lipinski definition) is 0. The summed E-state index contributed by atoms with van der Waals surface area (Å²) >= 11 is 0. The summed E-state index contributed by atoms with van der Waals surface area (Å²) in [6, 6.07) is 0.477. The van der Waals surface area contributed by atoms with Crippen molar-refractivity contribution in [3.63, 3.8) is 0 Å². The maximum absolute atomic E-state index is 11.5. The number of carbonyl (C=O) groups is 1. The molecule has 0 bridgehead atoms. The van der Waals surface area contributed by atoms with Crippen LogP contribution < -0.4 is 0 Å². The van der Waals surface area contributed by atoms with Crippen LogP contribution >= 0.6 is 0 Å². The predicted octanol–water partition coefficient (Wildman–Crippen LogP) is 1.34. The first kappa shape index (κ1) is 11.5. The summed E-state index contributed by atoms with van der Waals surface area (Å²) < 4.78 is 0. The largest absolute Gasteiger partial charge is 0.343 e. The zero-order valence-corrected chi connectivity index (χ0v) is 9.62. The van der Waals surface area contributed by atoms with Gasteiger partial charge in [0.15, 0.2) is 0 Å². The van der Waals surface area contributed by atoms with Crippen LogP contribution in [-0.4, -0.2) is 48.4 Å². The first-order valence-corrected chi connectivity index (χ1v) is 5.67. The van der Waals surface area contributed by atoms with Gasteiger partial charge < -0.3 is 9.80 Å². The van der Waals surface area contributed by atoms with Crippen LogP contribution in [0, 0.1) is 0 Å². The Morgan fingerprint density at radius 3 is 2.36 bits per heavy atom. The van der Waals surface area contributed by atoms with Crippen molar-refractivity contribution in [2.24, 2.45) is 0 Å². The molecule has 0 aromatic rings. The van der Waals surface area contributed by atoms with Crippen LogP contribution in [-0.2, 0) is 4.79 Å². The van der Waals surface area contributed by atoms with Gasteiger partial charge in [-0.2, -0.15) is 0 Å². The van der Waals surface area contributed by atoms with Crippen molar-refractivity contribution < 1.29 is 4.79 Å². The van der Waals surface area contributed by atoms with Crippen LogP contribution in [0.15, 0.2) is 0 Å². The van der Waals surface area contributed by atoms with E-state index in [1.807, 2.05) is 18.9 Å². The molecule has 0 aromatic heterocycles. The number of nitrogens with zero attached hydrogens (tertiary/aromatic N) is 2. The summed E-state index contributed by atoms with van der Waals surface area (Å²) in [6.45, 7) is 7.55. The molecule has 1 aliphatic rings.